The number of anilines is 2. The Balaban J connectivity index is 1.71. The standard InChI is InChI=1S/C17H15N3OS/c1-12-6-7-18-10-14(12)19-8-9-20(17(19)21)15-11-22-16-5-3-2-4-13(15)16/h2-7,10-11H,8-9H2,1H3. The van der Waals surface area contributed by atoms with Gasteiger partial charge in [0.05, 0.1) is 17.6 Å². The van der Waals surface area contributed by atoms with Crippen LogP contribution in [-0.2, 0) is 0 Å². The number of hydrogen-bond donors (Lipinski definition) is 0. The van der Waals surface area contributed by atoms with Crippen LogP contribution < -0.4 is 9.80 Å². The van der Waals surface area contributed by atoms with Gasteiger partial charge in [-0.05, 0) is 24.6 Å². The Morgan fingerprint density at radius 1 is 1.09 bits per heavy atom. The Bertz CT molecular complexity index is 858. The van der Waals surface area contributed by atoms with Gasteiger partial charge in [0.15, 0.2) is 0 Å². The van der Waals surface area contributed by atoms with E-state index in [2.05, 4.69) is 22.5 Å². The summed E-state index contributed by atoms with van der Waals surface area (Å²) in [5.41, 5.74) is 2.98. The lowest BCUT2D eigenvalue weighted by molar-refractivity contribution is 0.256. The first-order valence-corrected chi connectivity index (χ1v) is 8.09. The number of aromatic nitrogens is 1. The highest BCUT2D eigenvalue weighted by Gasteiger charge is 2.32. The molecule has 110 valence electrons. The number of urea groups is 1. The molecule has 1 fully saturated rings. The second-order valence-corrected chi connectivity index (χ2v) is 6.28. The molecule has 22 heavy (non-hydrogen) atoms. The van der Waals surface area contributed by atoms with Crippen molar-refractivity contribution >= 4 is 38.8 Å². The molecule has 0 N–H and O–H groups in total. The van der Waals surface area contributed by atoms with Crippen molar-refractivity contribution < 1.29 is 4.79 Å². The molecule has 1 aliphatic rings. The molecule has 0 spiro atoms. The van der Waals surface area contributed by atoms with E-state index in [9.17, 15) is 4.79 Å². The van der Waals surface area contributed by atoms with Crippen molar-refractivity contribution in [1.29, 1.82) is 0 Å². The molecule has 0 bridgehead atoms. The van der Waals surface area contributed by atoms with Crippen LogP contribution in [0.25, 0.3) is 10.1 Å². The monoisotopic (exact) mass is 309 g/mol. The Hall–Kier alpha value is -2.40. The lowest BCUT2D eigenvalue weighted by Gasteiger charge is -2.19. The topological polar surface area (TPSA) is 36.4 Å². The molecule has 3 heterocycles. The summed E-state index contributed by atoms with van der Waals surface area (Å²) in [6, 6.07) is 10.2. The minimum atomic E-state index is 0.0275. The van der Waals surface area contributed by atoms with Gasteiger partial charge in [0.1, 0.15) is 0 Å². The van der Waals surface area contributed by atoms with Gasteiger partial charge in [0, 0.05) is 34.8 Å². The van der Waals surface area contributed by atoms with Gasteiger partial charge < -0.3 is 0 Å². The number of nitrogens with zero attached hydrogens (tertiary/aromatic N) is 3. The predicted molar refractivity (Wildman–Crippen MR) is 90.9 cm³/mol. The van der Waals surface area contributed by atoms with Crippen LogP contribution in [0.2, 0.25) is 0 Å². The summed E-state index contributed by atoms with van der Waals surface area (Å²) in [7, 11) is 0. The number of carbonyl (C=O) groups excluding carboxylic acids is 1. The Morgan fingerprint density at radius 3 is 2.68 bits per heavy atom. The normalized spacial score (nSPS) is 15.0. The number of rotatable bonds is 2. The van der Waals surface area contributed by atoms with E-state index in [0.717, 1.165) is 22.3 Å². The smallest absolute Gasteiger partial charge is 0.291 e. The number of pyridine rings is 1. The lowest BCUT2D eigenvalue weighted by Crippen LogP contribution is -2.32. The highest BCUT2D eigenvalue weighted by molar-refractivity contribution is 7.17. The zero-order valence-electron chi connectivity index (χ0n) is 12.2. The summed E-state index contributed by atoms with van der Waals surface area (Å²) in [6.07, 6.45) is 3.52. The predicted octanol–water partition coefficient (Wildman–Crippen LogP) is 4.05. The zero-order chi connectivity index (χ0) is 15.1. The van der Waals surface area contributed by atoms with Gasteiger partial charge in [0.25, 0.3) is 0 Å². The summed E-state index contributed by atoms with van der Waals surface area (Å²) in [5, 5.41) is 3.22. The SMILES string of the molecule is Cc1ccncc1N1CCN(c2csc3ccccc23)C1=O. The van der Waals surface area contributed by atoms with Crippen LogP contribution >= 0.6 is 11.3 Å². The molecule has 4 nitrogen and oxygen atoms in total. The molecule has 1 aliphatic heterocycles. The number of hydrogen-bond acceptors (Lipinski definition) is 3. The van der Waals surface area contributed by atoms with Crippen LogP contribution in [0.4, 0.5) is 16.2 Å². The van der Waals surface area contributed by atoms with Crippen molar-refractivity contribution in [3.63, 3.8) is 0 Å². The van der Waals surface area contributed by atoms with E-state index in [0.29, 0.717) is 13.1 Å². The molecular weight excluding hydrogens is 294 g/mol. The summed E-state index contributed by atoms with van der Waals surface area (Å²) < 4.78 is 1.21. The number of aryl methyl sites for hydroxylation is 1. The molecule has 5 heteroatoms. The fourth-order valence-electron chi connectivity index (χ4n) is 2.90. The molecular formula is C17H15N3OS. The van der Waals surface area contributed by atoms with Crippen LogP contribution in [0, 0.1) is 6.92 Å². The maximum atomic E-state index is 12.8. The Kier molecular flexibility index (Phi) is 3.08. The second kappa shape index (κ2) is 5.10. The largest absolute Gasteiger partial charge is 0.329 e. The summed E-state index contributed by atoms with van der Waals surface area (Å²) in [5.74, 6) is 0. The quantitative estimate of drug-likeness (QED) is 0.716. The van der Waals surface area contributed by atoms with E-state index >= 15 is 0 Å². The molecule has 4 rings (SSSR count). The molecule has 1 aromatic carbocycles. The zero-order valence-corrected chi connectivity index (χ0v) is 13.0. The third-order valence-electron chi connectivity index (χ3n) is 4.06. The molecule has 0 atom stereocenters. The van der Waals surface area contributed by atoms with E-state index in [1.165, 1.54) is 4.70 Å². The van der Waals surface area contributed by atoms with Crippen LogP contribution in [0.5, 0.6) is 0 Å². The summed E-state index contributed by atoms with van der Waals surface area (Å²) >= 11 is 1.68. The van der Waals surface area contributed by atoms with Gasteiger partial charge in [-0.25, -0.2) is 4.79 Å². The first-order chi connectivity index (χ1) is 10.8. The minimum Gasteiger partial charge on any atom is -0.291 e. The highest BCUT2D eigenvalue weighted by atomic mass is 32.1. The number of amides is 2. The molecule has 0 aliphatic carbocycles. The van der Waals surface area contributed by atoms with E-state index in [-0.39, 0.29) is 6.03 Å². The fraction of sp³-hybridized carbons (Fsp3) is 0.176. The average molecular weight is 309 g/mol. The van der Waals surface area contributed by atoms with E-state index in [1.807, 2.05) is 34.9 Å². The average Bonchev–Trinajstić information content (AvgIpc) is 3.11. The van der Waals surface area contributed by atoms with Gasteiger partial charge in [0.2, 0.25) is 0 Å². The fourth-order valence-corrected chi connectivity index (χ4v) is 3.84. The molecule has 0 saturated carbocycles. The minimum absolute atomic E-state index is 0.0275. The van der Waals surface area contributed by atoms with Gasteiger partial charge in [-0.15, -0.1) is 11.3 Å². The van der Waals surface area contributed by atoms with Gasteiger partial charge in [-0.1, -0.05) is 18.2 Å². The van der Waals surface area contributed by atoms with Crippen molar-refractivity contribution in [1.82, 2.24) is 4.98 Å². The van der Waals surface area contributed by atoms with Crippen molar-refractivity contribution in [2.75, 3.05) is 22.9 Å². The molecule has 0 radical (unpaired) electrons. The second-order valence-electron chi connectivity index (χ2n) is 5.37. The maximum Gasteiger partial charge on any atom is 0.329 e. The molecule has 2 amide bonds. The van der Waals surface area contributed by atoms with E-state index < -0.39 is 0 Å². The van der Waals surface area contributed by atoms with Gasteiger partial charge in [-0.2, -0.15) is 0 Å². The van der Waals surface area contributed by atoms with E-state index in [4.69, 9.17) is 0 Å². The van der Waals surface area contributed by atoms with Gasteiger partial charge in [-0.3, -0.25) is 14.8 Å². The lowest BCUT2D eigenvalue weighted by atomic mass is 10.2. The number of carbonyl (C=O) groups is 1. The third kappa shape index (κ3) is 1.97. The van der Waals surface area contributed by atoms with E-state index in [1.54, 1.807) is 23.7 Å². The van der Waals surface area contributed by atoms with Crippen LogP contribution in [0.15, 0.2) is 48.1 Å². The highest BCUT2D eigenvalue weighted by Crippen LogP contribution is 2.35. The van der Waals surface area contributed by atoms with Crippen molar-refractivity contribution in [2.24, 2.45) is 0 Å². The summed E-state index contributed by atoms with van der Waals surface area (Å²) in [6.45, 7) is 3.40. The van der Waals surface area contributed by atoms with Crippen LogP contribution in [-0.4, -0.2) is 24.1 Å². The Labute approximate surface area is 132 Å². The molecule has 2 aromatic heterocycles. The first kappa shape index (κ1) is 13.3. The number of thiophene rings is 1. The van der Waals surface area contributed by atoms with Crippen molar-refractivity contribution in [3.05, 3.63) is 53.7 Å². The summed E-state index contributed by atoms with van der Waals surface area (Å²) in [4.78, 5) is 20.7. The van der Waals surface area contributed by atoms with Gasteiger partial charge >= 0.3 is 6.03 Å². The molecule has 3 aromatic rings. The molecule has 1 saturated heterocycles. The number of benzene rings is 1. The number of fused-ring (bicyclic) bond motifs is 1. The maximum absolute atomic E-state index is 12.8. The van der Waals surface area contributed by atoms with Crippen molar-refractivity contribution in [3.8, 4) is 0 Å². The Morgan fingerprint density at radius 2 is 1.86 bits per heavy atom. The molecule has 0 unspecified atom stereocenters. The van der Waals surface area contributed by atoms with Crippen molar-refractivity contribution in [2.45, 2.75) is 6.92 Å². The third-order valence-corrected chi connectivity index (χ3v) is 5.01. The van der Waals surface area contributed by atoms with Crippen LogP contribution in [0.1, 0.15) is 5.56 Å². The first-order valence-electron chi connectivity index (χ1n) is 7.21. The van der Waals surface area contributed by atoms with Crippen LogP contribution in [0.3, 0.4) is 0 Å².